The predicted molar refractivity (Wildman–Crippen MR) is 192 cm³/mol. The molecule has 3 heteroatoms. The molecular weight excluding hydrogens is 567 g/mol. The summed E-state index contributed by atoms with van der Waals surface area (Å²) in [6, 6.07) is 43.9. The second-order valence-corrected chi connectivity index (χ2v) is 12.0. The number of hydrogen-bond acceptors (Lipinski definition) is 3. The molecule has 0 aliphatic rings. The molecular formula is C42H27NOS. The molecule has 2 nitrogen and oxygen atoms in total. The number of fused-ring (bicyclic) bond motifs is 6. The summed E-state index contributed by atoms with van der Waals surface area (Å²) in [7, 11) is 0. The molecule has 0 saturated carbocycles. The van der Waals surface area contributed by atoms with Crippen LogP contribution in [0.2, 0.25) is 0 Å². The first kappa shape index (κ1) is 21.1. The summed E-state index contributed by atoms with van der Waals surface area (Å²) in [5.74, 6) is 0. The monoisotopic (exact) mass is 598 g/mol. The van der Waals surface area contributed by atoms with Crippen LogP contribution >= 0.6 is 11.3 Å². The third kappa shape index (κ3) is 4.32. The molecule has 9 rings (SSSR count). The first-order valence-corrected chi connectivity index (χ1v) is 15.6. The molecule has 0 N–H and O–H groups in total. The second kappa shape index (κ2) is 10.5. The van der Waals surface area contributed by atoms with Crippen molar-refractivity contribution in [3.63, 3.8) is 0 Å². The molecule has 0 unspecified atom stereocenters. The van der Waals surface area contributed by atoms with Gasteiger partial charge in [0.05, 0.1) is 22.9 Å². The number of nitrogens with zero attached hydrogens (tertiary/aromatic N) is 1. The van der Waals surface area contributed by atoms with Gasteiger partial charge in [0.2, 0.25) is 0 Å². The number of para-hydroxylation sites is 2. The van der Waals surface area contributed by atoms with Gasteiger partial charge in [-0.25, -0.2) is 0 Å². The van der Waals surface area contributed by atoms with E-state index in [0.717, 1.165) is 50.1 Å². The Bertz CT molecular complexity index is 2630. The van der Waals surface area contributed by atoms with E-state index in [0.29, 0.717) is 5.56 Å². The summed E-state index contributed by atoms with van der Waals surface area (Å²) >= 11 is 1.79. The Hall–Kier alpha value is -5.64. The molecule has 0 aliphatic carbocycles. The van der Waals surface area contributed by atoms with Crippen LogP contribution in [-0.4, -0.2) is 0 Å². The van der Waals surface area contributed by atoms with Gasteiger partial charge in [0.15, 0.2) is 5.58 Å². The van der Waals surface area contributed by atoms with Crippen LogP contribution in [0.1, 0.15) is 6.85 Å². The summed E-state index contributed by atoms with van der Waals surface area (Å²) in [5.41, 5.74) is 7.35. The standard InChI is InChI=1S/C42H27NOS/c1-2-10-28(11-3-1)29-20-22-30(23-21-29)31-24-26-32(27-25-31)43(37-16-8-14-35-33-12-4-6-18-39(33)44-41(35)37)38-17-9-15-36-34-13-5-7-19-40(34)45-42(36)38/h1-27H/i1D,2D,3D,10D,11D. The largest absolute Gasteiger partial charge is 0.454 e. The molecule has 2 heterocycles. The van der Waals surface area contributed by atoms with Crippen molar-refractivity contribution < 1.29 is 11.3 Å². The summed E-state index contributed by atoms with van der Waals surface area (Å²) in [5, 5.41) is 4.58. The van der Waals surface area contributed by atoms with Crippen molar-refractivity contribution in [3.05, 3.63) is 164 Å². The SMILES string of the molecule is [2H]c1c([2H])c([2H])c(-c2ccc(-c3ccc(N(c4cccc5c4oc4ccccc45)c4cccc5c4sc4ccccc45)cc3)cc2)c([2H])c1[2H]. The highest BCUT2D eigenvalue weighted by Crippen LogP contribution is 2.47. The number of anilines is 3. The molecule has 212 valence electrons. The second-order valence-electron chi connectivity index (χ2n) is 11.0. The van der Waals surface area contributed by atoms with Crippen molar-refractivity contribution in [2.45, 2.75) is 0 Å². The smallest absolute Gasteiger partial charge is 0.159 e. The lowest BCUT2D eigenvalue weighted by Crippen LogP contribution is -2.10. The minimum absolute atomic E-state index is 0.198. The lowest BCUT2D eigenvalue weighted by molar-refractivity contribution is 0.669. The first-order chi connectivity index (χ1) is 24.4. The number of furan rings is 1. The van der Waals surface area contributed by atoms with Gasteiger partial charge in [0.25, 0.3) is 0 Å². The molecule has 0 radical (unpaired) electrons. The van der Waals surface area contributed by atoms with Gasteiger partial charge in [-0.05, 0) is 58.7 Å². The van der Waals surface area contributed by atoms with E-state index in [1.165, 1.54) is 20.2 Å². The molecule has 0 amide bonds. The van der Waals surface area contributed by atoms with Crippen LogP contribution < -0.4 is 4.90 Å². The van der Waals surface area contributed by atoms with Crippen LogP contribution in [0, 0.1) is 0 Å². The van der Waals surface area contributed by atoms with E-state index in [-0.39, 0.29) is 29.7 Å². The van der Waals surface area contributed by atoms with Gasteiger partial charge in [-0.3, -0.25) is 0 Å². The van der Waals surface area contributed by atoms with E-state index in [4.69, 9.17) is 11.3 Å². The highest BCUT2D eigenvalue weighted by atomic mass is 32.1. The van der Waals surface area contributed by atoms with E-state index in [9.17, 15) is 0 Å². The van der Waals surface area contributed by atoms with Gasteiger partial charge in [0.1, 0.15) is 5.58 Å². The Morgan fingerprint density at radius 2 is 1.09 bits per heavy atom. The van der Waals surface area contributed by atoms with E-state index in [1.54, 1.807) is 11.3 Å². The topological polar surface area (TPSA) is 16.4 Å². The molecule has 0 spiro atoms. The van der Waals surface area contributed by atoms with Gasteiger partial charge in [-0.2, -0.15) is 0 Å². The minimum atomic E-state index is -0.394. The third-order valence-corrected chi connectivity index (χ3v) is 9.59. The maximum Gasteiger partial charge on any atom is 0.159 e. The minimum Gasteiger partial charge on any atom is -0.454 e. The van der Waals surface area contributed by atoms with Crippen LogP contribution in [0.25, 0.3) is 64.4 Å². The van der Waals surface area contributed by atoms with Gasteiger partial charge in [-0.1, -0.05) is 127 Å². The Labute approximate surface area is 272 Å². The first-order valence-electron chi connectivity index (χ1n) is 17.3. The summed E-state index contributed by atoms with van der Waals surface area (Å²) in [6.07, 6.45) is 0. The van der Waals surface area contributed by atoms with Crippen LogP contribution in [0.15, 0.2) is 168 Å². The molecule has 0 atom stereocenters. The van der Waals surface area contributed by atoms with E-state index >= 15 is 0 Å². The van der Waals surface area contributed by atoms with Gasteiger partial charge >= 0.3 is 0 Å². The molecule has 0 fully saturated rings. The van der Waals surface area contributed by atoms with Gasteiger partial charge in [0, 0.05) is 31.9 Å². The lowest BCUT2D eigenvalue weighted by Gasteiger charge is -2.26. The maximum absolute atomic E-state index is 8.38. The number of hydrogen-bond donors (Lipinski definition) is 0. The Balaban J connectivity index is 1.18. The third-order valence-electron chi connectivity index (χ3n) is 8.38. The van der Waals surface area contributed by atoms with Crippen LogP contribution in [0.3, 0.4) is 0 Å². The fourth-order valence-corrected chi connectivity index (χ4v) is 7.46. The van der Waals surface area contributed by atoms with Crippen molar-refractivity contribution in [2.24, 2.45) is 0 Å². The molecule has 7 aromatic carbocycles. The van der Waals surface area contributed by atoms with E-state index in [1.807, 2.05) is 42.5 Å². The van der Waals surface area contributed by atoms with Crippen molar-refractivity contribution in [2.75, 3.05) is 4.90 Å². The van der Waals surface area contributed by atoms with E-state index < -0.39 is 6.04 Å². The molecule has 0 saturated heterocycles. The zero-order valence-corrected chi connectivity index (χ0v) is 24.8. The highest BCUT2D eigenvalue weighted by Gasteiger charge is 2.22. The number of rotatable bonds is 5. The molecule has 2 aromatic heterocycles. The summed E-state index contributed by atoms with van der Waals surface area (Å²) in [6.45, 7) is 0. The van der Waals surface area contributed by atoms with Crippen molar-refractivity contribution in [1.29, 1.82) is 0 Å². The fraction of sp³-hybridized carbons (Fsp3) is 0. The average molecular weight is 599 g/mol. The summed E-state index contributed by atoms with van der Waals surface area (Å²) < 4.78 is 49.8. The Morgan fingerprint density at radius 3 is 1.87 bits per heavy atom. The van der Waals surface area contributed by atoms with Crippen molar-refractivity contribution in [3.8, 4) is 22.3 Å². The van der Waals surface area contributed by atoms with Gasteiger partial charge in [-0.15, -0.1) is 11.3 Å². The predicted octanol–water partition coefficient (Wildman–Crippen LogP) is 12.8. The Kier molecular flexibility index (Phi) is 4.94. The summed E-state index contributed by atoms with van der Waals surface area (Å²) in [4.78, 5) is 2.29. The molecule has 0 bridgehead atoms. The van der Waals surface area contributed by atoms with Crippen LogP contribution in [-0.2, 0) is 0 Å². The lowest BCUT2D eigenvalue weighted by atomic mass is 10.00. The quantitative estimate of drug-likeness (QED) is 0.196. The number of thiophene rings is 1. The number of benzene rings is 7. The Morgan fingerprint density at radius 1 is 0.489 bits per heavy atom. The molecule has 9 aromatic rings. The maximum atomic E-state index is 8.38. The van der Waals surface area contributed by atoms with Crippen LogP contribution in [0.5, 0.6) is 0 Å². The fourth-order valence-electron chi connectivity index (χ4n) is 6.25. The normalized spacial score (nSPS) is 13.1. The zero-order valence-electron chi connectivity index (χ0n) is 29.0. The van der Waals surface area contributed by atoms with Crippen molar-refractivity contribution in [1.82, 2.24) is 0 Å². The molecule has 45 heavy (non-hydrogen) atoms. The van der Waals surface area contributed by atoms with Crippen LogP contribution in [0.4, 0.5) is 17.1 Å². The van der Waals surface area contributed by atoms with Crippen molar-refractivity contribution >= 4 is 70.5 Å². The van der Waals surface area contributed by atoms with Gasteiger partial charge < -0.3 is 9.32 Å². The van der Waals surface area contributed by atoms with E-state index in [2.05, 4.69) is 95.9 Å². The zero-order chi connectivity index (χ0) is 34.1. The molecule has 0 aliphatic heterocycles. The highest BCUT2D eigenvalue weighted by molar-refractivity contribution is 7.26. The average Bonchev–Trinajstić information content (AvgIpc) is 3.74.